The van der Waals surface area contributed by atoms with Crippen molar-refractivity contribution in [2.24, 2.45) is 5.92 Å². The number of carbonyl (C=O) groups is 1. The minimum Gasteiger partial charge on any atom is -0.396 e. The van der Waals surface area contributed by atoms with Gasteiger partial charge in [0.25, 0.3) is 0 Å². The Morgan fingerprint density at radius 1 is 1.29 bits per heavy atom. The summed E-state index contributed by atoms with van der Waals surface area (Å²) < 4.78 is 1.85. The molecule has 1 heterocycles. The van der Waals surface area contributed by atoms with E-state index in [1.165, 1.54) is 0 Å². The van der Waals surface area contributed by atoms with Crippen molar-refractivity contribution in [2.45, 2.75) is 32.7 Å². The second kappa shape index (κ2) is 9.72. The molecule has 2 aromatic rings. The minimum atomic E-state index is -0.214. The molecule has 0 aliphatic rings. The maximum Gasteiger partial charge on any atom is 0.319 e. The molecule has 3 N–H and O–H groups in total. The standard InChI is InChI=1S/C18H26N4O2/c1-2-4-15(9-12-23)13-19-18(24)21-17-7-5-16(6-8-17)14-22-11-3-10-20-22/h3,5-8,10-11,15,23H,2,4,9,12-14H2,1H3,(H2,19,21,24). The van der Waals surface area contributed by atoms with E-state index in [1.807, 2.05) is 41.2 Å². The van der Waals surface area contributed by atoms with E-state index in [0.717, 1.165) is 30.5 Å². The van der Waals surface area contributed by atoms with E-state index in [9.17, 15) is 4.79 Å². The minimum absolute atomic E-state index is 0.158. The molecule has 6 nitrogen and oxygen atoms in total. The second-order valence-corrected chi connectivity index (χ2v) is 5.90. The molecule has 0 saturated heterocycles. The molecule has 1 aromatic carbocycles. The zero-order valence-corrected chi connectivity index (χ0v) is 14.1. The van der Waals surface area contributed by atoms with E-state index in [1.54, 1.807) is 6.20 Å². The quantitative estimate of drug-likeness (QED) is 0.661. The maximum atomic E-state index is 12.0. The van der Waals surface area contributed by atoms with Gasteiger partial charge in [-0.15, -0.1) is 0 Å². The number of carbonyl (C=O) groups excluding carboxylic acids is 1. The summed E-state index contributed by atoms with van der Waals surface area (Å²) in [7, 11) is 0. The Kier molecular flexibility index (Phi) is 7.29. The number of aromatic nitrogens is 2. The van der Waals surface area contributed by atoms with Crippen LogP contribution in [0.1, 0.15) is 31.7 Å². The van der Waals surface area contributed by atoms with Gasteiger partial charge in [-0.2, -0.15) is 5.10 Å². The number of anilines is 1. The molecule has 130 valence electrons. The number of nitrogens with one attached hydrogen (secondary N) is 2. The van der Waals surface area contributed by atoms with Crippen LogP contribution in [0.15, 0.2) is 42.7 Å². The smallest absolute Gasteiger partial charge is 0.319 e. The fraction of sp³-hybridized carbons (Fsp3) is 0.444. The lowest BCUT2D eigenvalue weighted by Gasteiger charge is -2.16. The first-order chi connectivity index (χ1) is 11.7. The van der Waals surface area contributed by atoms with Crippen molar-refractivity contribution in [1.82, 2.24) is 15.1 Å². The Labute approximate surface area is 142 Å². The molecule has 24 heavy (non-hydrogen) atoms. The number of nitrogens with zero attached hydrogens (tertiary/aromatic N) is 2. The average molecular weight is 330 g/mol. The van der Waals surface area contributed by atoms with Crippen molar-refractivity contribution in [3.05, 3.63) is 48.3 Å². The third-order valence-corrected chi connectivity index (χ3v) is 3.90. The average Bonchev–Trinajstić information content (AvgIpc) is 3.08. The van der Waals surface area contributed by atoms with Crippen molar-refractivity contribution in [2.75, 3.05) is 18.5 Å². The molecule has 2 rings (SSSR count). The van der Waals surface area contributed by atoms with E-state index in [0.29, 0.717) is 19.0 Å². The molecule has 1 unspecified atom stereocenters. The van der Waals surface area contributed by atoms with Crippen LogP contribution in [0, 0.1) is 5.92 Å². The zero-order chi connectivity index (χ0) is 17.2. The third-order valence-electron chi connectivity index (χ3n) is 3.90. The Bertz CT molecular complexity index is 590. The summed E-state index contributed by atoms with van der Waals surface area (Å²) in [6, 6.07) is 9.40. The first-order valence-electron chi connectivity index (χ1n) is 8.43. The van der Waals surface area contributed by atoms with E-state index in [4.69, 9.17) is 5.11 Å². The van der Waals surface area contributed by atoms with Crippen molar-refractivity contribution in [3.8, 4) is 0 Å². The number of hydrogen-bond donors (Lipinski definition) is 3. The molecular formula is C18H26N4O2. The van der Waals surface area contributed by atoms with Crippen molar-refractivity contribution < 1.29 is 9.90 Å². The van der Waals surface area contributed by atoms with Gasteiger partial charge >= 0.3 is 6.03 Å². The van der Waals surface area contributed by atoms with Gasteiger partial charge in [-0.05, 0) is 42.5 Å². The number of rotatable bonds is 9. The fourth-order valence-electron chi connectivity index (χ4n) is 2.63. The van der Waals surface area contributed by atoms with Crippen LogP contribution in [0.5, 0.6) is 0 Å². The highest BCUT2D eigenvalue weighted by molar-refractivity contribution is 5.89. The highest BCUT2D eigenvalue weighted by Gasteiger charge is 2.09. The molecule has 0 fully saturated rings. The molecule has 1 aromatic heterocycles. The lowest BCUT2D eigenvalue weighted by atomic mass is 10.0. The van der Waals surface area contributed by atoms with Crippen LogP contribution in [0.3, 0.4) is 0 Å². The van der Waals surface area contributed by atoms with Crippen molar-refractivity contribution in [3.63, 3.8) is 0 Å². The molecule has 0 spiro atoms. The SMILES string of the molecule is CCCC(CCO)CNC(=O)Nc1ccc(Cn2cccn2)cc1. The van der Waals surface area contributed by atoms with Crippen LogP contribution in [-0.4, -0.2) is 34.1 Å². The van der Waals surface area contributed by atoms with Crippen LogP contribution < -0.4 is 10.6 Å². The maximum absolute atomic E-state index is 12.0. The number of aliphatic hydroxyl groups excluding tert-OH is 1. The van der Waals surface area contributed by atoms with Gasteiger partial charge in [-0.1, -0.05) is 25.5 Å². The number of aliphatic hydroxyl groups is 1. The van der Waals surface area contributed by atoms with Crippen LogP contribution >= 0.6 is 0 Å². The Balaban J connectivity index is 1.78. The molecule has 0 bridgehead atoms. The number of urea groups is 1. The summed E-state index contributed by atoms with van der Waals surface area (Å²) in [6.07, 6.45) is 6.44. The van der Waals surface area contributed by atoms with Gasteiger partial charge in [0.1, 0.15) is 0 Å². The Morgan fingerprint density at radius 3 is 2.71 bits per heavy atom. The lowest BCUT2D eigenvalue weighted by Crippen LogP contribution is -2.33. The molecule has 6 heteroatoms. The summed E-state index contributed by atoms with van der Waals surface area (Å²) >= 11 is 0. The normalized spacial score (nSPS) is 11.9. The second-order valence-electron chi connectivity index (χ2n) is 5.90. The van der Waals surface area contributed by atoms with Gasteiger partial charge in [-0.25, -0.2) is 4.79 Å². The van der Waals surface area contributed by atoms with Crippen LogP contribution in [0.4, 0.5) is 10.5 Å². The van der Waals surface area contributed by atoms with E-state index in [-0.39, 0.29) is 12.6 Å². The molecule has 0 aliphatic heterocycles. The number of amides is 2. The summed E-state index contributed by atoms with van der Waals surface area (Å²) in [5, 5.41) is 18.9. The van der Waals surface area contributed by atoms with E-state index in [2.05, 4.69) is 22.7 Å². The first kappa shape index (κ1) is 18.0. The first-order valence-corrected chi connectivity index (χ1v) is 8.43. The zero-order valence-electron chi connectivity index (χ0n) is 14.1. The van der Waals surface area contributed by atoms with Gasteiger partial charge < -0.3 is 15.7 Å². The van der Waals surface area contributed by atoms with Crippen molar-refractivity contribution >= 4 is 11.7 Å². The molecule has 1 atom stereocenters. The molecule has 0 radical (unpaired) electrons. The molecule has 0 aliphatic carbocycles. The number of hydrogen-bond acceptors (Lipinski definition) is 3. The van der Waals surface area contributed by atoms with Gasteiger partial charge in [0, 0.05) is 31.2 Å². The fourth-order valence-corrected chi connectivity index (χ4v) is 2.63. The molecule has 0 saturated carbocycles. The summed E-state index contributed by atoms with van der Waals surface area (Å²) in [5.74, 6) is 0.321. The van der Waals surface area contributed by atoms with Crippen LogP contribution in [0.2, 0.25) is 0 Å². The monoisotopic (exact) mass is 330 g/mol. The van der Waals surface area contributed by atoms with E-state index < -0.39 is 0 Å². The summed E-state index contributed by atoms with van der Waals surface area (Å²) in [5.41, 5.74) is 1.88. The number of benzene rings is 1. The highest BCUT2D eigenvalue weighted by atomic mass is 16.3. The molecular weight excluding hydrogens is 304 g/mol. The highest BCUT2D eigenvalue weighted by Crippen LogP contribution is 2.12. The van der Waals surface area contributed by atoms with Gasteiger partial charge in [-0.3, -0.25) is 4.68 Å². The van der Waals surface area contributed by atoms with Crippen LogP contribution in [-0.2, 0) is 6.54 Å². The predicted octanol–water partition coefficient (Wildman–Crippen LogP) is 2.85. The summed E-state index contributed by atoms with van der Waals surface area (Å²) in [6.45, 7) is 3.55. The van der Waals surface area contributed by atoms with Crippen LogP contribution in [0.25, 0.3) is 0 Å². The molecule has 2 amide bonds. The van der Waals surface area contributed by atoms with Gasteiger partial charge in [0.05, 0.1) is 6.54 Å². The third kappa shape index (κ3) is 6.04. The van der Waals surface area contributed by atoms with Crippen molar-refractivity contribution in [1.29, 1.82) is 0 Å². The largest absolute Gasteiger partial charge is 0.396 e. The predicted molar refractivity (Wildman–Crippen MR) is 94.9 cm³/mol. The van der Waals surface area contributed by atoms with E-state index >= 15 is 0 Å². The van der Waals surface area contributed by atoms with Gasteiger partial charge in [0.15, 0.2) is 0 Å². The topological polar surface area (TPSA) is 79.2 Å². The Morgan fingerprint density at radius 2 is 2.08 bits per heavy atom. The summed E-state index contributed by atoms with van der Waals surface area (Å²) in [4.78, 5) is 12.0. The Hall–Kier alpha value is -2.34. The van der Waals surface area contributed by atoms with Gasteiger partial charge in [0.2, 0.25) is 0 Å². The lowest BCUT2D eigenvalue weighted by molar-refractivity contribution is 0.237.